The summed E-state index contributed by atoms with van der Waals surface area (Å²) in [5.41, 5.74) is 1.45. The summed E-state index contributed by atoms with van der Waals surface area (Å²) >= 11 is 0. The molecule has 1 aromatic carbocycles. The highest BCUT2D eigenvalue weighted by Crippen LogP contribution is 2.20. The second-order valence-electron chi connectivity index (χ2n) is 5.05. The van der Waals surface area contributed by atoms with E-state index in [4.69, 9.17) is 5.11 Å². The van der Waals surface area contributed by atoms with E-state index in [0.717, 1.165) is 18.5 Å². The van der Waals surface area contributed by atoms with E-state index in [1.807, 2.05) is 4.57 Å². The lowest BCUT2D eigenvalue weighted by Crippen LogP contribution is -2.12. The number of aliphatic hydroxyl groups excluding tert-OH is 1. The van der Waals surface area contributed by atoms with Crippen LogP contribution in [0.5, 0.6) is 0 Å². The van der Waals surface area contributed by atoms with E-state index < -0.39 is 0 Å². The van der Waals surface area contributed by atoms with Crippen LogP contribution in [0.3, 0.4) is 0 Å². The Kier molecular flexibility index (Phi) is 4.37. The zero-order valence-electron chi connectivity index (χ0n) is 11.4. The smallest absolute Gasteiger partial charge is 0.203 e. The molecule has 0 atom stereocenters. The molecular formula is C14H20FN3O. The molecule has 5 heteroatoms. The number of hydrogen-bond donors (Lipinski definition) is 2. The minimum atomic E-state index is -0.296. The molecule has 104 valence electrons. The van der Waals surface area contributed by atoms with Crippen molar-refractivity contribution in [3.05, 3.63) is 24.0 Å². The van der Waals surface area contributed by atoms with Crippen LogP contribution in [0.2, 0.25) is 0 Å². The van der Waals surface area contributed by atoms with Crippen LogP contribution >= 0.6 is 0 Å². The number of aliphatic hydroxyl groups is 1. The highest BCUT2D eigenvalue weighted by atomic mass is 19.1. The lowest BCUT2D eigenvalue weighted by atomic mass is 10.1. The standard InChI is InChI=1S/C14H20FN3O/c1-10(2)5-6-16-14-17-12-9-11(15)3-4-13(12)18(14)7-8-19/h3-4,9-10,19H,5-8H2,1-2H3,(H,16,17). The zero-order chi connectivity index (χ0) is 13.8. The van der Waals surface area contributed by atoms with Crippen LogP contribution < -0.4 is 5.32 Å². The fourth-order valence-electron chi connectivity index (χ4n) is 2.04. The molecule has 0 unspecified atom stereocenters. The fraction of sp³-hybridized carbons (Fsp3) is 0.500. The second kappa shape index (κ2) is 6.02. The second-order valence-corrected chi connectivity index (χ2v) is 5.05. The average Bonchev–Trinajstić information content (AvgIpc) is 2.67. The van der Waals surface area contributed by atoms with E-state index >= 15 is 0 Å². The molecule has 2 rings (SSSR count). The third kappa shape index (κ3) is 3.23. The molecule has 0 aliphatic rings. The van der Waals surface area contributed by atoms with Crippen molar-refractivity contribution in [2.45, 2.75) is 26.8 Å². The van der Waals surface area contributed by atoms with Gasteiger partial charge in [0.25, 0.3) is 0 Å². The number of aromatic nitrogens is 2. The number of rotatable bonds is 6. The summed E-state index contributed by atoms with van der Waals surface area (Å²) in [6.07, 6.45) is 1.04. The van der Waals surface area contributed by atoms with Gasteiger partial charge in [0.15, 0.2) is 0 Å². The van der Waals surface area contributed by atoms with Crippen LogP contribution in [-0.4, -0.2) is 27.8 Å². The van der Waals surface area contributed by atoms with Gasteiger partial charge in [0.2, 0.25) is 5.95 Å². The molecule has 0 radical (unpaired) electrons. The first kappa shape index (κ1) is 13.8. The minimum absolute atomic E-state index is 0.0295. The number of benzene rings is 1. The number of anilines is 1. The Morgan fingerprint density at radius 2 is 2.21 bits per heavy atom. The van der Waals surface area contributed by atoms with Crippen molar-refractivity contribution in [3.8, 4) is 0 Å². The van der Waals surface area contributed by atoms with Gasteiger partial charge >= 0.3 is 0 Å². The average molecular weight is 265 g/mol. The molecule has 0 spiro atoms. The molecule has 0 amide bonds. The lowest BCUT2D eigenvalue weighted by molar-refractivity contribution is 0.278. The van der Waals surface area contributed by atoms with Crippen molar-refractivity contribution in [1.29, 1.82) is 0 Å². The molecule has 0 fully saturated rings. The van der Waals surface area contributed by atoms with Gasteiger partial charge in [-0.25, -0.2) is 9.37 Å². The van der Waals surface area contributed by atoms with Gasteiger partial charge < -0.3 is 15.0 Å². The van der Waals surface area contributed by atoms with Gasteiger partial charge in [-0.3, -0.25) is 0 Å². The first-order valence-electron chi connectivity index (χ1n) is 6.62. The number of nitrogens with zero attached hydrogens (tertiary/aromatic N) is 2. The van der Waals surface area contributed by atoms with Gasteiger partial charge in [0, 0.05) is 19.2 Å². The summed E-state index contributed by atoms with van der Waals surface area (Å²) in [6, 6.07) is 4.52. The van der Waals surface area contributed by atoms with Crippen LogP contribution in [0.1, 0.15) is 20.3 Å². The first-order valence-corrected chi connectivity index (χ1v) is 6.62. The summed E-state index contributed by atoms with van der Waals surface area (Å²) in [4.78, 5) is 4.39. The maximum absolute atomic E-state index is 13.2. The first-order chi connectivity index (χ1) is 9.11. The van der Waals surface area contributed by atoms with Crippen molar-refractivity contribution >= 4 is 17.0 Å². The topological polar surface area (TPSA) is 50.1 Å². The van der Waals surface area contributed by atoms with E-state index in [1.54, 1.807) is 6.07 Å². The maximum Gasteiger partial charge on any atom is 0.203 e. The molecule has 0 saturated heterocycles. The lowest BCUT2D eigenvalue weighted by Gasteiger charge is -2.10. The van der Waals surface area contributed by atoms with Crippen LogP contribution in [0.15, 0.2) is 18.2 Å². The Morgan fingerprint density at radius 1 is 1.42 bits per heavy atom. The van der Waals surface area contributed by atoms with Gasteiger partial charge in [-0.15, -0.1) is 0 Å². The van der Waals surface area contributed by atoms with Gasteiger partial charge in [-0.1, -0.05) is 13.8 Å². The molecule has 1 heterocycles. The molecule has 2 aromatic rings. The van der Waals surface area contributed by atoms with Gasteiger partial charge in [0.1, 0.15) is 5.82 Å². The summed E-state index contributed by atoms with van der Waals surface area (Å²) in [7, 11) is 0. The Hall–Kier alpha value is -1.62. The van der Waals surface area contributed by atoms with Gasteiger partial charge in [0.05, 0.1) is 17.6 Å². The molecule has 0 bridgehead atoms. The Labute approximate surface area is 112 Å². The van der Waals surface area contributed by atoms with Crippen molar-refractivity contribution < 1.29 is 9.50 Å². The SMILES string of the molecule is CC(C)CCNc1nc2cc(F)ccc2n1CCO. The highest BCUT2D eigenvalue weighted by Gasteiger charge is 2.10. The van der Waals surface area contributed by atoms with Crippen molar-refractivity contribution in [3.63, 3.8) is 0 Å². The molecule has 2 N–H and O–H groups in total. The quantitative estimate of drug-likeness (QED) is 0.844. The normalized spacial score (nSPS) is 11.4. The Morgan fingerprint density at radius 3 is 2.89 bits per heavy atom. The van der Waals surface area contributed by atoms with Crippen LogP contribution in [0.25, 0.3) is 11.0 Å². The summed E-state index contributed by atoms with van der Waals surface area (Å²) in [5, 5.41) is 12.4. The largest absolute Gasteiger partial charge is 0.395 e. The van der Waals surface area contributed by atoms with E-state index in [9.17, 15) is 4.39 Å². The van der Waals surface area contributed by atoms with E-state index in [0.29, 0.717) is 23.9 Å². The van der Waals surface area contributed by atoms with E-state index in [2.05, 4.69) is 24.1 Å². The molecule has 0 aliphatic heterocycles. The highest BCUT2D eigenvalue weighted by molar-refractivity contribution is 5.78. The van der Waals surface area contributed by atoms with Crippen LogP contribution in [-0.2, 0) is 6.54 Å². The van der Waals surface area contributed by atoms with E-state index in [-0.39, 0.29) is 12.4 Å². The Bertz CT molecular complexity index is 551. The van der Waals surface area contributed by atoms with Crippen molar-refractivity contribution in [2.24, 2.45) is 5.92 Å². The van der Waals surface area contributed by atoms with Gasteiger partial charge in [-0.2, -0.15) is 0 Å². The third-order valence-corrected chi connectivity index (χ3v) is 3.04. The fourth-order valence-corrected chi connectivity index (χ4v) is 2.04. The monoisotopic (exact) mass is 265 g/mol. The number of imidazole rings is 1. The summed E-state index contributed by atoms with van der Waals surface area (Å²) in [5.74, 6) is 1.01. The minimum Gasteiger partial charge on any atom is -0.395 e. The predicted molar refractivity (Wildman–Crippen MR) is 74.7 cm³/mol. The number of nitrogens with one attached hydrogen (secondary N) is 1. The Balaban J connectivity index is 2.27. The molecule has 4 nitrogen and oxygen atoms in total. The van der Waals surface area contributed by atoms with Crippen molar-refractivity contribution in [1.82, 2.24) is 9.55 Å². The molecule has 19 heavy (non-hydrogen) atoms. The zero-order valence-corrected chi connectivity index (χ0v) is 11.4. The number of hydrogen-bond acceptors (Lipinski definition) is 3. The summed E-state index contributed by atoms with van der Waals surface area (Å²) < 4.78 is 15.1. The molecule has 1 aromatic heterocycles. The van der Waals surface area contributed by atoms with Crippen LogP contribution in [0, 0.1) is 11.7 Å². The summed E-state index contributed by atoms with van der Waals surface area (Å²) in [6.45, 7) is 5.62. The molecule has 0 aliphatic carbocycles. The predicted octanol–water partition coefficient (Wildman–Crippen LogP) is 2.63. The van der Waals surface area contributed by atoms with Crippen LogP contribution in [0.4, 0.5) is 10.3 Å². The van der Waals surface area contributed by atoms with E-state index in [1.165, 1.54) is 12.1 Å². The third-order valence-electron chi connectivity index (χ3n) is 3.04. The molecular weight excluding hydrogens is 245 g/mol. The van der Waals surface area contributed by atoms with Crippen molar-refractivity contribution in [2.75, 3.05) is 18.5 Å². The maximum atomic E-state index is 13.2. The van der Waals surface area contributed by atoms with Gasteiger partial charge in [-0.05, 0) is 24.5 Å². The number of fused-ring (bicyclic) bond motifs is 1. The molecule has 0 saturated carbocycles. The number of halogens is 1.